The van der Waals surface area contributed by atoms with E-state index in [2.05, 4.69) is 25.8 Å². The van der Waals surface area contributed by atoms with Crippen molar-refractivity contribution < 1.29 is 4.52 Å². The number of rotatable bonds is 5. The van der Waals surface area contributed by atoms with Gasteiger partial charge in [-0.3, -0.25) is 0 Å². The van der Waals surface area contributed by atoms with Gasteiger partial charge in [-0.1, -0.05) is 55.7 Å². The van der Waals surface area contributed by atoms with Crippen molar-refractivity contribution in [3.63, 3.8) is 0 Å². The fraction of sp³-hybridized carbons (Fsp3) is 0.471. The molecule has 0 aliphatic rings. The van der Waals surface area contributed by atoms with Gasteiger partial charge in [-0.25, -0.2) is 4.99 Å². The number of hydrogen-bond donors (Lipinski definition) is 2. The molecule has 0 atom stereocenters. The third-order valence-corrected chi connectivity index (χ3v) is 3.60. The highest BCUT2D eigenvalue weighted by molar-refractivity contribution is 6.31. The van der Waals surface area contributed by atoms with E-state index >= 15 is 0 Å². The maximum atomic E-state index is 6.16. The second kappa shape index (κ2) is 8.15. The average Bonchev–Trinajstić information content (AvgIpc) is 3.00. The van der Waals surface area contributed by atoms with Crippen LogP contribution in [0.15, 0.2) is 33.8 Å². The third kappa shape index (κ3) is 5.23. The molecule has 7 heteroatoms. The molecule has 0 saturated carbocycles. The third-order valence-electron chi connectivity index (χ3n) is 3.23. The minimum atomic E-state index is -0.159. The summed E-state index contributed by atoms with van der Waals surface area (Å²) in [5.41, 5.74) is 0.819. The predicted octanol–water partition coefficient (Wildman–Crippen LogP) is 3.28. The van der Waals surface area contributed by atoms with Crippen LogP contribution in [0.3, 0.4) is 0 Å². The summed E-state index contributed by atoms with van der Waals surface area (Å²) in [6.45, 7) is 9.81. The second-order valence-electron chi connectivity index (χ2n) is 6.41. The Bertz CT molecular complexity index is 690. The molecule has 0 saturated heterocycles. The second-order valence-corrected chi connectivity index (χ2v) is 6.81. The van der Waals surface area contributed by atoms with Gasteiger partial charge in [0.2, 0.25) is 5.89 Å². The van der Waals surface area contributed by atoms with Gasteiger partial charge in [-0.05, 0) is 18.6 Å². The normalized spacial score (nSPS) is 12.3. The van der Waals surface area contributed by atoms with Crippen molar-refractivity contribution in [2.75, 3.05) is 6.54 Å². The van der Waals surface area contributed by atoms with Gasteiger partial charge in [-0.2, -0.15) is 4.98 Å². The van der Waals surface area contributed by atoms with E-state index in [0.29, 0.717) is 35.8 Å². The van der Waals surface area contributed by atoms with E-state index in [1.165, 1.54) is 0 Å². The predicted molar refractivity (Wildman–Crippen MR) is 96.1 cm³/mol. The van der Waals surface area contributed by atoms with Crippen molar-refractivity contribution in [3.8, 4) is 0 Å². The first-order valence-electron chi connectivity index (χ1n) is 7.99. The number of guanidine groups is 1. The summed E-state index contributed by atoms with van der Waals surface area (Å²) >= 11 is 6.16. The summed E-state index contributed by atoms with van der Waals surface area (Å²) in [6, 6.07) is 7.68. The Morgan fingerprint density at radius 1 is 1.25 bits per heavy atom. The van der Waals surface area contributed by atoms with Crippen molar-refractivity contribution in [2.24, 2.45) is 4.99 Å². The maximum Gasteiger partial charge on any atom is 0.232 e. The van der Waals surface area contributed by atoms with E-state index in [0.717, 1.165) is 12.1 Å². The molecule has 0 spiro atoms. The highest BCUT2D eigenvalue weighted by atomic mass is 35.5. The lowest BCUT2D eigenvalue weighted by atomic mass is 9.97. The Morgan fingerprint density at radius 2 is 2.00 bits per heavy atom. The Labute approximate surface area is 147 Å². The van der Waals surface area contributed by atoms with Crippen molar-refractivity contribution in [2.45, 2.75) is 46.2 Å². The van der Waals surface area contributed by atoms with Crippen molar-refractivity contribution in [1.29, 1.82) is 0 Å². The quantitative estimate of drug-likeness (QED) is 0.640. The highest BCUT2D eigenvalue weighted by Gasteiger charge is 2.21. The zero-order valence-electron chi connectivity index (χ0n) is 14.6. The Kier molecular flexibility index (Phi) is 6.20. The molecule has 0 unspecified atom stereocenters. The van der Waals surface area contributed by atoms with E-state index in [1.807, 2.05) is 52.0 Å². The molecule has 0 fully saturated rings. The zero-order valence-corrected chi connectivity index (χ0v) is 15.3. The monoisotopic (exact) mass is 349 g/mol. The first-order chi connectivity index (χ1) is 11.4. The van der Waals surface area contributed by atoms with E-state index in [4.69, 9.17) is 16.1 Å². The SMILES string of the molecule is CCNC(=NCc1ccccc1Cl)NCc1noc(C(C)(C)C)n1. The van der Waals surface area contributed by atoms with Gasteiger partial charge in [0.1, 0.15) is 0 Å². The Balaban J connectivity index is 1.99. The number of aromatic nitrogens is 2. The van der Waals surface area contributed by atoms with Gasteiger partial charge >= 0.3 is 0 Å². The minimum absolute atomic E-state index is 0.159. The summed E-state index contributed by atoms with van der Waals surface area (Å²) in [7, 11) is 0. The molecule has 2 rings (SSSR count). The van der Waals surface area contributed by atoms with Crippen LogP contribution in [0.2, 0.25) is 5.02 Å². The summed E-state index contributed by atoms with van der Waals surface area (Å²) in [5.74, 6) is 1.90. The lowest BCUT2D eigenvalue weighted by molar-refractivity contribution is 0.318. The summed E-state index contributed by atoms with van der Waals surface area (Å²) < 4.78 is 5.29. The van der Waals surface area contributed by atoms with Gasteiger partial charge in [-0.15, -0.1) is 0 Å². The lowest BCUT2D eigenvalue weighted by Crippen LogP contribution is -2.37. The summed E-state index contributed by atoms with van der Waals surface area (Å²) in [5, 5.41) is 11.1. The standard InChI is InChI=1S/C17H24ClN5O/c1-5-19-16(20-10-12-8-6-7-9-13(12)18)21-11-14-22-15(24-23-14)17(2,3)4/h6-9H,5,10-11H2,1-4H3,(H2,19,20,21). The molecule has 130 valence electrons. The number of aliphatic imine (C=N–C) groups is 1. The Hall–Kier alpha value is -2.08. The fourth-order valence-electron chi connectivity index (χ4n) is 1.93. The highest BCUT2D eigenvalue weighted by Crippen LogP contribution is 2.19. The molecule has 1 aromatic carbocycles. The lowest BCUT2D eigenvalue weighted by Gasteiger charge is -2.11. The topological polar surface area (TPSA) is 75.3 Å². The van der Waals surface area contributed by atoms with Crippen LogP contribution < -0.4 is 10.6 Å². The van der Waals surface area contributed by atoms with Gasteiger partial charge < -0.3 is 15.2 Å². The van der Waals surface area contributed by atoms with Crippen LogP contribution in [0.4, 0.5) is 0 Å². The number of hydrogen-bond acceptors (Lipinski definition) is 4. The number of nitrogens with zero attached hydrogens (tertiary/aromatic N) is 3. The van der Waals surface area contributed by atoms with Gasteiger partial charge in [0.05, 0.1) is 13.1 Å². The maximum absolute atomic E-state index is 6.16. The van der Waals surface area contributed by atoms with Gasteiger partial charge in [0, 0.05) is 17.0 Å². The molecule has 0 radical (unpaired) electrons. The van der Waals surface area contributed by atoms with E-state index in [9.17, 15) is 0 Å². The molecule has 0 bridgehead atoms. The summed E-state index contributed by atoms with van der Waals surface area (Å²) in [6.07, 6.45) is 0. The van der Waals surface area contributed by atoms with E-state index < -0.39 is 0 Å². The summed E-state index contributed by atoms with van der Waals surface area (Å²) in [4.78, 5) is 8.94. The molecule has 0 amide bonds. The smallest absolute Gasteiger partial charge is 0.232 e. The first-order valence-corrected chi connectivity index (χ1v) is 8.36. The number of nitrogens with one attached hydrogen (secondary N) is 2. The first kappa shape index (κ1) is 18.3. The molecule has 2 N–H and O–H groups in total. The molecular formula is C17H24ClN5O. The largest absolute Gasteiger partial charge is 0.357 e. The van der Waals surface area contributed by atoms with Crippen LogP contribution in [0.1, 0.15) is 45.0 Å². The van der Waals surface area contributed by atoms with Crippen LogP contribution in [0.25, 0.3) is 0 Å². The molecule has 0 aliphatic heterocycles. The van der Waals surface area contributed by atoms with Gasteiger partial charge in [0.25, 0.3) is 0 Å². The van der Waals surface area contributed by atoms with Gasteiger partial charge in [0.15, 0.2) is 11.8 Å². The zero-order chi connectivity index (χ0) is 17.6. The Morgan fingerprint density at radius 3 is 2.62 bits per heavy atom. The van der Waals surface area contributed by atoms with Crippen LogP contribution in [0, 0.1) is 0 Å². The van der Waals surface area contributed by atoms with Crippen LogP contribution in [-0.2, 0) is 18.5 Å². The van der Waals surface area contributed by atoms with Crippen LogP contribution in [0.5, 0.6) is 0 Å². The minimum Gasteiger partial charge on any atom is -0.357 e. The molecule has 2 aromatic rings. The molecule has 1 heterocycles. The fourth-order valence-corrected chi connectivity index (χ4v) is 2.12. The van der Waals surface area contributed by atoms with Crippen molar-refractivity contribution in [3.05, 3.63) is 46.6 Å². The number of halogens is 1. The molecule has 1 aromatic heterocycles. The van der Waals surface area contributed by atoms with Crippen molar-refractivity contribution in [1.82, 2.24) is 20.8 Å². The van der Waals surface area contributed by atoms with E-state index in [-0.39, 0.29) is 5.41 Å². The van der Waals surface area contributed by atoms with E-state index in [1.54, 1.807) is 0 Å². The molecular weight excluding hydrogens is 326 g/mol. The molecule has 24 heavy (non-hydrogen) atoms. The van der Waals surface area contributed by atoms with Crippen molar-refractivity contribution >= 4 is 17.6 Å². The number of benzene rings is 1. The molecule has 0 aliphatic carbocycles. The average molecular weight is 350 g/mol. The molecule has 6 nitrogen and oxygen atoms in total. The van der Waals surface area contributed by atoms with Crippen LogP contribution in [-0.4, -0.2) is 22.6 Å². The van der Waals surface area contributed by atoms with Crippen LogP contribution >= 0.6 is 11.6 Å².